The molecule has 4 nitrogen and oxygen atoms in total. The summed E-state index contributed by atoms with van der Waals surface area (Å²) in [7, 11) is 1.68. The van der Waals surface area contributed by atoms with E-state index in [-0.39, 0.29) is 5.41 Å². The molecule has 0 spiro atoms. The van der Waals surface area contributed by atoms with E-state index < -0.39 is 0 Å². The van der Waals surface area contributed by atoms with Crippen molar-refractivity contribution in [2.24, 2.45) is 5.10 Å². The molecule has 0 radical (unpaired) electrons. The normalized spacial score (nSPS) is 11.7. The van der Waals surface area contributed by atoms with Crippen molar-refractivity contribution < 1.29 is 4.74 Å². The summed E-state index contributed by atoms with van der Waals surface area (Å²) >= 11 is 5.36. The van der Waals surface area contributed by atoms with Gasteiger partial charge in [0, 0.05) is 12.1 Å². The van der Waals surface area contributed by atoms with E-state index in [0.717, 1.165) is 24.3 Å². The zero-order chi connectivity index (χ0) is 26.5. The highest BCUT2D eigenvalue weighted by Crippen LogP contribution is 2.27. The molecule has 0 saturated heterocycles. The van der Waals surface area contributed by atoms with Crippen LogP contribution in [0.25, 0.3) is 0 Å². The minimum atomic E-state index is 0.0755. The minimum absolute atomic E-state index is 0.0755. The summed E-state index contributed by atoms with van der Waals surface area (Å²) in [6.07, 6.45) is 23.9. The highest BCUT2D eigenvalue weighted by molar-refractivity contribution is 7.80. The molecule has 0 heterocycles. The van der Waals surface area contributed by atoms with Gasteiger partial charge in [-0.2, -0.15) is 5.10 Å². The van der Waals surface area contributed by atoms with Gasteiger partial charge in [0.05, 0.1) is 13.3 Å². The number of nitrogens with zero attached hydrogens (tertiary/aromatic N) is 1. The Bertz CT molecular complexity index is 727. The van der Waals surface area contributed by atoms with Crippen molar-refractivity contribution in [3.63, 3.8) is 0 Å². The van der Waals surface area contributed by atoms with E-state index in [4.69, 9.17) is 17.0 Å². The van der Waals surface area contributed by atoms with Crippen LogP contribution in [0.2, 0.25) is 0 Å². The fourth-order valence-corrected chi connectivity index (χ4v) is 4.53. The minimum Gasteiger partial charge on any atom is -0.496 e. The monoisotopic (exact) mass is 517 g/mol. The molecule has 0 atom stereocenters. The average molecular weight is 518 g/mol. The van der Waals surface area contributed by atoms with Crippen molar-refractivity contribution in [1.29, 1.82) is 0 Å². The first-order chi connectivity index (χ1) is 17.4. The molecule has 5 heteroatoms. The first-order valence-corrected chi connectivity index (χ1v) is 15.0. The lowest BCUT2D eigenvalue weighted by Gasteiger charge is -2.20. The van der Waals surface area contributed by atoms with Gasteiger partial charge < -0.3 is 10.1 Å². The maximum absolute atomic E-state index is 5.47. The van der Waals surface area contributed by atoms with Crippen LogP contribution in [-0.4, -0.2) is 25.0 Å². The Labute approximate surface area is 228 Å². The van der Waals surface area contributed by atoms with E-state index in [1.54, 1.807) is 13.3 Å². The second-order valence-corrected chi connectivity index (χ2v) is 11.5. The molecule has 1 aromatic carbocycles. The maximum atomic E-state index is 5.47. The Morgan fingerprint density at radius 2 is 1.33 bits per heavy atom. The van der Waals surface area contributed by atoms with Crippen molar-refractivity contribution in [3.8, 4) is 5.75 Å². The molecule has 0 bridgehead atoms. The third-order valence-corrected chi connectivity index (χ3v) is 7.02. The summed E-state index contributed by atoms with van der Waals surface area (Å²) in [4.78, 5) is 0. The van der Waals surface area contributed by atoms with E-state index in [1.807, 2.05) is 6.07 Å². The van der Waals surface area contributed by atoms with Crippen LogP contribution in [0.1, 0.15) is 142 Å². The smallest absolute Gasteiger partial charge is 0.186 e. The molecule has 0 fully saturated rings. The van der Waals surface area contributed by atoms with Gasteiger partial charge in [0.2, 0.25) is 0 Å². The molecule has 1 aromatic rings. The molecule has 206 valence electrons. The van der Waals surface area contributed by atoms with E-state index in [0.29, 0.717) is 5.11 Å². The van der Waals surface area contributed by atoms with Gasteiger partial charge in [-0.3, -0.25) is 5.43 Å². The Kier molecular flexibility index (Phi) is 18.4. The third-order valence-electron chi connectivity index (χ3n) is 6.78. The van der Waals surface area contributed by atoms with Crippen molar-refractivity contribution >= 4 is 23.5 Å². The predicted molar refractivity (Wildman–Crippen MR) is 163 cm³/mol. The molecule has 2 N–H and O–H groups in total. The molecular formula is C31H55N3OS. The SMILES string of the molecule is CCCCCCCCCCCCCCCCCCNC(=S)N/N=C\c1cc(C(C)(C)C)ccc1OC. The third kappa shape index (κ3) is 16.2. The van der Waals surface area contributed by atoms with Gasteiger partial charge in [0.15, 0.2) is 5.11 Å². The van der Waals surface area contributed by atoms with Gasteiger partial charge in [-0.1, -0.05) is 130 Å². The second-order valence-electron chi connectivity index (χ2n) is 11.1. The number of ether oxygens (including phenoxy) is 1. The van der Waals surface area contributed by atoms with Gasteiger partial charge in [0.25, 0.3) is 0 Å². The zero-order valence-electron chi connectivity index (χ0n) is 24.1. The number of hydrogen-bond donors (Lipinski definition) is 2. The first-order valence-electron chi connectivity index (χ1n) is 14.6. The molecule has 1 rings (SSSR count). The Morgan fingerprint density at radius 1 is 0.833 bits per heavy atom. The Balaban J connectivity index is 2.01. The quantitative estimate of drug-likeness (QED) is 0.0783. The lowest BCUT2D eigenvalue weighted by atomic mass is 9.86. The number of hydrazone groups is 1. The summed E-state index contributed by atoms with van der Waals surface area (Å²) in [5.74, 6) is 0.806. The second kappa shape index (κ2) is 20.4. The lowest BCUT2D eigenvalue weighted by molar-refractivity contribution is 0.413. The maximum Gasteiger partial charge on any atom is 0.186 e. The van der Waals surface area contributed by atoms with E-state index >= 15 is 0 Å². The van der Waals surface area contributed by atoms with Crippen LogP contribution in [0.4, 0.5) is 0 Å². The fourth-order valence-electron chi connectivity index (χ4n) is 4.38. The highest BCUT2D eigenvalue weighted by atomic mass is 32.1. The first kappa shape index (κ1) is 32.4. The molecule has 0 aliphatic carbocycles. The van der Waals surface area contributed by atoms with Gasteiger partial charge in [-0.15, -0.1) is 0 Å². The summed E-state index contributed by atoms with van der Waals surface area (Å²) < 4.78 is 5.47. The van der Waals surface area contributed by atoms with Crippen LogP contribution >= 0.6 is 12.2 Å². The number of rotatable bonds is 20. The standard InChI is InChI=1S/C31H55N3OS/c1-6-7-8-9-10-11-12-13-14-15-16-17-18-19-20-21-24-32-30(36)34-33-26-27-25-28(31(2,3)4)22-23-29(27)35-5/h22-23,25-26H,6-21,24H2,1-5H3,(H2,32,34,36)/b33-26-. The molecule has 0 amide bonds. The van der Waals surface area contributed by atoms with Crippen LogP contribution in [0.3, 0.4) is 0 Å². The van der Waals surface area contributed by atoms with Crippen molar-refractivity contribution in [1.82, 2.24) is 10.7 Å². The predicted octanol–water partition coefficient (Wildman–Crippen LogP) is 9.05. The largest absolute Gasteiger partial charge is 0.496 e. The topological polar surface area (TPSA) is 45.7 Å². The Hall–Kier alpha value is -1.62. The van der Waals surface area contributed by atoms with Crippen molar-refractivity contribution in [2.75, 3.05) is 13.7 Å². The molecule has 0 aliphatic rings. The lowest BCUT2D eigenvalue weighted by Crippen LogP contribution is -2.32. The van der Waals surface area contributed by atoms with E-state index in [2.05, 4.69) is 55.7 Å². The molecule has 0 unspecified atom stereocenters. The van der Waals surface area contributed by atoms with Crippen LogP contribution in [0, 0.1) is 0 Å². The van der Waals surface area contributed by atoms with Gasteiger partial charge in [0.1, 0.15) is 5.75 Å². The molecule has 36 heavy (non-hydrogen) atoms. The molecular weight excluding hydrogens is 462 g/mol. The van der Waals surface area contributed by atoms with Crippen molar-refractivity contribution in [3.05, 3.63) is 29.3 Å². The van der Waals surface area contributed by atoms with Gasteiger partial charge in [-0.05, 0) is 41.7 Å². The van der Waals surface area contributed by atoms with Gasteiger partial charge in [-0.25, -0.2) is 0 Å². The molecule has 0 aliphatic heterocycles. The van der Waals surface area contributed by atoms with Crippen LogP contribution in [0.15, 0.2) is 23.3 Å². The fraction of sp³-hybridized carbons (Fsp3) is 0.742. The van der Waals surface area contributed by atoms with Crippen LogP contribution in [0.5, 0.6) is 5.75 Å². The van der Waals surface area contributed by atoms with E-state index in [9.17, 15) is 0 Å². The number of methoxy groups -OCH3 is 1. The summed E-state index contributed by atoms with van der Waals surface area (Å²) in [6.45, 7) is 9.78. The van der Waals surface area contributed by atoms with E-state index in [1.165, 1.54) is 102 Å². The summed E-state index contributed by atoms with van der Waals surface area (Å²) in [5.41, 5.74) is 5.19. The Morgan fingerprint density at radius 3 is 1.81 bits per heavy atom. The molecule has 0 saturated carbocycles. The number of hydrogen-bond acceptors (Lipinski definition) is 3. The number of unbranched alkanes of at least 4 members (excludes halogenated alkanes) is 15. The highest BCUT2D eigenvalue weighted by Gasteiger charge is 2.15. The van der Waals surface area contributed by atoms with Crippen LogP contribution in [-0.2, 0) is 5.41 Å². The molecule has 0 aromatic heterocycles. The van der Waals surface area contributed by atoms with Crippen LogP contribution < -0.4 is 15.5 Å². The summed E-state index contributed by atoms with van der Waals surface area (Å²) in [5, 5.41) is 8.14. The summed E-state index contributed by atoms with van der Waals surface area (Å²) in [6, 6.07) is 6.22. The zero-order valence-corrected chi connectivity index (χ0v) is 24.9. The average Bonchev–Trinajstić information content (AvgIpc) is 2.85. The van der Waals surface area contributed by atoms with Gasteiger partial charge >= 0.3 is 0 Å². The van der Waals surface area contributed by atoms with Crippen molar-refractivity contribution in [2.45, 2.75) is 136 Å². The number of thiocarbonyl (C=S) groups is 1. The number of nitrogens with one attached hydrogen (secondary N) is 2. The number of benzene rings is 1.